The van der Waals surface area contributed by atoms with Crippen LogP contribution in [-0.4, -0.2) is 16.2 Å². The van der Waals surface area contributed by atoms with E-state index in [1.165, 1.54) is 12.8 Å². The first-order valence-corrected chi connectivity index (χ1v) is 7.42. The van der Waals surface area contributed by atoms with Gasteiger partial charge in [-0.25, -0.2) is 0 Å². The third-order valence-electron chi connectivity index (χ3n) is 3.90. The van der Waals surface area contributed by atoms with Gasteiger partial charge in [0, 0.05) is 17.5 Å². The molecule has 1 saturated carbocycles. The van der Waals surface area contributed by atoms with Crippen molar-refractivity contribution in [2.45, 2.75) is 44.1 Å². The molecule has 4 nitrogen and oxygen atoms in total. The van der Waals surface area contributed by atoms with Gasteiger partial charge >= 0.3 is 0 Å². The van der Waals surface area contributed by atoms with E-state index in [0.717, 1.165) is 23.4 Å². The molecule has 2 atom stereocenters. The fraction of sp³-hybridized carbons (Fsp3) is 0.467. The highest BCUT2D eigenvalue weighted by Crippen LogP contribution is 2.31. The van der Waals surface area contributed by atoms with Crippen LogP contribution in [0.15, 0.2) is 28.8 Å². The van der Waals surface area contributed by atoms with Gasteiger partial charge in [-0.1, -0.05) is 41.7 Å². The van der Waals surface area contributed by atoms with E-state index in [2.05, 4.69) is 10.1 Å². The molecule has 2 aromatic rings. The molecule has 1 fully saturated rings. The summed E-state index contributed by atoms with van der Waals surface area (Å²) in [6.45, 7) is 0. The van der Waals surface area contributed by atoms with Gasteiger partial charge in [0.25, 0.3) is 0 Å². The molecule has 1 aliphatic rings. The third-order valence-corrected chi connectivity index (χ3v) is 4.15. The summed E-state index contributed by atoms with van der Waals surface area (Å²) in [5, 5.41) is 4.80. The average molecular weight is 292 g/mol. The molecule has 3 rings (SSSR count). The first-order chi connectivity index (χ1) is 9.72. The van der Waals surface area contributed by atoms with E-state index in [1.807, 2.05) is 24.3 Å². The Hall–Kier alpha value is -1.39. The quantitative estimate of drug-likeness (QED) is 0.942. The molecule has 0 bridgehead atoms. The zero-order chi connectivity index (χ0) is 13.9. The van der Waals surface area contributed by atoms with Gasteiger partial charge in [-0.15, -0.1) is 0 Å². The third kappa shape index (κ3) is 3.02. The monoisotopic (exact) mass is 291 g/mol. The van der Waals surface area contributed by atoms with Crippen LogP contribution in [0.2, 0.25) is 5.02 Å². The molecule has 0 amide bonds. The Kier molecular flexibility index (Phi) is 4.03. The predicted octanol–water partition coefficient (Wildman–Crippen LogP) is 3.30. The first-order valence-electron chi connectivity index (χ1n) is 7.05. The number of halogens is 1. The van der Waals surface area contributed by atoms with Crippen LogP contribution in [0, 0.1) is 0 Å². The maximum absolute atomic E-state index is 6.15. The molecule has 1 aromatic carbocycles. The fourth-order valence-electron chi connectivity index (χ4n) is 2.74. The number of hydrogen-bond acceptors (Lipinski definition) is 4. The van der Waals surface area contributed by atoms with Gasteiger partial charge in [0.2, 0.25) is 5.89 Å². The summed E-state index contributed by atoms with van der Waals surface area (Å²) in [6, 6.07) is 7.84. The zero-order valence-corrected chi connectivity index (χ0v) is 12.0. The lowest BCUT2D eigenvalue weighted by Crippen LogP contribution is -2.31. The van der Waals surface area contributed by atoms with Crippen LogP contribution < -0.4 is 5.73 Å². The zero-order valence-electron chi connectivity index (χ0n) is 11.3. The SMILES string of the molecule is NC1CCCCC1c1nc(Cc2ccc(Cl)cc2)no1. The van der Waals surface area contributed by atoms with Gasteiger partial charge in [0.15, 0.2) is 5.82 Å². The van der Waals surface area contributed by atoms with Crippen LogP contribution in [-0.2, 0) is 6.42 Å². The molecule has 2 unspecified atom stereocenters. The van der Waals surface area contributed by atoms with E-state index in [-0.39, 0.29) is 12.0 Å². The predicted molar refractivity (Wildman–Crippen MR) is 77.7 cm³/mol. The van der Waals surface area contributed by atoms with Crippen molar-refractivity contribution >= 4 is 11.6 Å². The number of nitrogens with zero attached hydrogens (tertiary/aromatic N) is 2. The lowest BCUT2D eigenvalue weighted by molar-refractivity contribution is 0.289. The Morgan fingerprint density at radius 3 is 2.70 bits per heavy atom. The maximum atomic E-state index is 6.15. The number of benzene rings is 1. The molecule has 106 valence electrons. The molecule has 20 heavy (non-hydrogen) atoms. The van der Waals surface area contributed by atoms with Crippen LogP contribution in [0.4, 0.5) is 0 Å². The highest BCUT2D eigenvalue weighted by Gasteiger charge is 2.28. The van der Waals surface area contributed by atoms with Crippen LogP contribution in [0.25, 0.3) is 0 Å². The number of aromatic nitrogens is 2. The maximum Gasteiger partial charge on any atom is 0.231 e. The Morgan fingerprint density at radius 1 is 1.20 bits per heavy atom. The number of nitrogens with two attached hydrogens (primary N) is 1. The van der Waals surface area contributed by atoms with Crippen LogP contribution in [0.3, 0.4) is 0 Å². The van der Waals surface area contributed by atoms with E-state index in [9.17, 15) is 0 Å². The minimum absolute atomic E-state index is 0.146. The van der Waals surface area contributed by atoms with E-state index < -0.39 is 0 Å². The second-order valence-corrected chi connectivity index (χ2v) is 5.84. The van der Waals surface area contributed by atoms with Gasteiger partial charge in [-0.05, 0) is 30.5 Å². The van der Waals surface area contributed by atoms with Crippen LogP contribution in [0.5, 0.6) is 0 Å². The minimum atomic E-state index is 0.146. The lowest BCUT2D eigenvalue weighted by atomic mass is 9.85. The normalized spacial score (nSPS) is 22.9. The molecular weight excluding hydrogens is 274 g/mol. The van der Waals surface area contributed by atoms with Gasteiger partial charge in [-0.3, -0.25) is 0 Å². The molecule has 1 aliphatic carbocycles. The number of rotatable bonds is 3. The summed E-state index contributed by atoms with van der Waals surface area (Å²) in [4.78, 5) is 4.51. The molecule has 1 heterocycles. The molecule has 5 heteroatoms. The van der Waals surface area contributed by atoms with Crippen molar-refractivity contribution in [2.75, 3.05) is 0 Å². The molecule has 0 radical (unpaired) electrons. The summed E-state index contributed by atoms with van der Waals surface area (Å²) in [6.07, 6.45) is 5.13. The Balaban J connectivity index is 1.71. The minimum Gasteiger partial charge on any atom is -0.339 e. The Morgan fingerprint density at radius 2 is 1.95 bits per heavy atom. The molecule has 0 spiro atoms. The smallest absolute Gasteiger partial charge is 0.231 e. The van der Waals surface area contributed by atoms with E-state index in [0.29, 0.717) is 18.1 Å². The van der Waals surface area contributed by atoms with Crippen molar-refractivity contribution in [2.24, 2.45) is 5.73 Å². The van der Waals surface area contributed by atoms with Gasteiger partial charge in [0.1, 0.15) is 0 Å². The molecule has 2 N–H and O–H groups in total. The second kappa shape index (κ2) is 5.94. The summed E-state index contributed by atoms with van der Waals surface area (Å²) in [5.74, 6) is 1.62. The average Bonchev–Trinajstić information content (AvgIpc) is 2.90. The molecule has 1 aromatic heterocycles. The first kappa shape index (κ1) is 13.6. The van der Waals surface area contributed by atoms with Crippen molar-refractivity contribution in [1.82, 2.24) is 10.1 Å². The summed E-state index contributed by atoms with van der Waals surface area (Å²) >= 11 is 5.87. The second-order valence-electron chi connectivity index (χ2n) is 5.41. The highest BCUT2D eigenvalue weighted by molar-refractivity contribution is 6.30. The standard InChI is InChI=1S/C15H18ClN3O/c16-11-7-5-10(6-8-11)9-14-18-15(20-19-14)12-3-1-2-4-13(12)17/h5-8,12-13H,1-4,9,17H2. The van der Waals surface area contributed by atoms with E-state index >= 15 is 0 Å². The molecule has 0 saturated heterocycles. The van der Waals surface area contributed by atoms with Gasteiger partial charge < -0.3 is 10.3 Å². The number of hydrogen-bond donors (Lipinski definition) is 1. The largest absolute Gasteiger partial charge is 0.339 e. The van der Waals surface area contributed by atoms with Gasteiger partial charge in [0.05, 0.1) is 5.92 Å². The van der Waals surface area contributed by atoms with Crippen molar-refractivity contribution in [3.63, 3.8) is 0 Å². The van der Waals surface area contributed by atoms with Crippen molar-refractivity contribution < 1.29 is 4.52 Å². The van der Waals surface area contributed by atoms with Crippen LogP contribution >= 0.6 is 11.6 Å². The van der Waals surface area contributed by atoms with Crippen LogP contribution in [0.1, 0.15) is 48.9 Å². The summed E-state index contributed by atoms with van der Waals surface area (Å²) in [7, 11) is 0. The van der Waals surface area contributed by atoms with E-state index in [1.54, 1.807) is 0 Å². The topological polar surface area (TPSA) is 64.9 Å². The molecule has 0 aliphatic heterocycles. The Labute approximate surface area is 123 Å². The van der Waals surface area contributed by atoms with E-state index in [4.69, 9.17) is 21.9 Å². The molecular formula is C15H18ClN3O. The lowest BCUT2D eigenvalue weighted by Gasteiger charge is -2.25. The summed E-state index contributed by atoms with van der Waals surface area (Å²) in [5.41, 5.74) is 7.27. The van der Waals surface area contributed by atoms with Crippen molar-refractivity contribution in [3.05, 3.63) is 46.6 Å². The summed E-state index contributed by atoms with van der Waals surface area (Å²) < 4.78 is 5.40. The van der Waals surface area contributed by atoms with Gasteiger partial charge in [-0.2, -0.15) is 4.98 Å². The Bertz CT molecular complexity index is 567. The fourth-order valence-corrected chi connectivity index (χ4v) is 2.87. The van der Waals surface area contributed by atoms with Crippen molar-refractivity contribution in [3.8, 4) is 0 Å². The highest BCUT2D eigenvalue weighted by atomic mass is 35.5. The van der Waals surface area contributed by atoms with Crippen molar-refractivity contribution in [1.29, 1.82) is 0 Å².